The molecule has 0 radical (unpaired) electrons. The van der Waals surface area contributed by atoms with Crippen LogP contribution < -0.4 is 4.90 Å². The fourth-order valence-electron chi connectivity index (χ4n) is 4.06. The van der Waals surface area contributed by atoms with Crippen molar-refractivity contribution in [1.82, 2.24) is 14.8 Å². The van der Waals surface area contributed by atoms with E-state index >= 15 is 0 Å². The number of hydrogen-bond donors (Lipinski definition) is 0. The first-order chi connectivity index (χ1) is 12.6. The summed E-state index contributed by atoms with van der Waals surface area (Å²) in [6.45, 7) is 15.4. The third kappa shape index (κ3) is 4.83. The second-order valence-corrected chi connectivity index (χ2v) is 8.09. The highest BCUT2D eigenvalue weighted by molar-refractivity contribution is 5.97. The van der Waals surface area contributed by atoms with E-state index in [0.29, 0.717) is 0 Å². The normalized spacial score (nSPS) is 20.7. The number of rotatable bonds is 6. The molecule has 0 N–H and O–H groups in total. The van der Waals surface area contributed by atoms with E-state index < -0.39 is 0 Å². The second-order valence-electron chi connectivity index (χ2n) is 8.09. The lowest BCUT2D eigenvalue weighted by molar-refractivity contribution is 0.0939. The van der Waals surface area contributed by atoms with Crippen LogP contribution >= 0.6 is 0 Å². The van der Waals surface area contributed by atoms with Crippen LogP contribution in [0.1, 0.15) is 44.0 Å². The molecule has 0 atom stereocenters. The number of carbonyl (C=O) groups is 1. The number of aromatic nitrogens is 1. The van der Waals surface area contributed by atoms with Gasteiger partial charge >= 0.3 is 0 Å². The lowest BCUT2D eigenvalue weighted by Gasteiger charge is -2.39. The predicted octanol–water partition coefficient (Wildman–Crippen LogP) is 2.77. The van der Waals surface area contributed by atoms with Gasteiger partial charge in [-0.3, -0.25) is 9.69 Å². The smallest absolute Gasteiger partial charge is 0.166 e. The molecule has 0 unspecified atom stereocenters. The van der Waals surface area contributed by atoms with Crippen LogP contribution in [0.15, 0.2) is 18.3 Å². The Bertz CT molecular complexity index is 570. The molecule has 144 valence electrons. The van der Waals surface area contributed by atoms with E-state index in [0.717, 1.165) is 43.5 Å². The minimum absolute atomic E-state index is 0.0235. The summed E-state index contributed by atoms with van der Waals surface area (Å²) in [5.74, 6) is 2.06. The van der Waals surface area contributed by atoms with Crippen molar-refractivity contribution in [3.05, 3.63) is 23.9 Å². The van der Waals surface area contributed by atoms with Gasteiger partial charge in [-0.25, -0.2) is 4.98 Å². The molecule has 0 aromatic carbocycles. The fourth-order valence-corrected chi connectivity index (χ4v) is 4.06. The van der Waals surface area contributed by atoms with Gasteiger partial charge in [-0.1, -0.05) is 20.8 Å². The molecule has 0 aliphatic carbocycles. The van der Waals surface area contributed by atoms with Crippen molar-refractivity contribution in [1.29, 1.82) is 0 Å². The zero-order chi connectivity index (χ0) is 18.5. The van der Waals surface area contributed by atoms with E-state index in [4.69, 9.17) is 0 Å². The Morgan fingerprint density at radius 1 is 1.08 bits per heavy atom. The Balaban J connectivity index is 1.46. The Morgan fingerprint density at radius 2 is 1.77 bits per heavy atom. The summed E-state index contributed by atoms with van der Waals surface area (Å²) in [5, 5.41) is 0. The van der Waals surface area contributed by atoms with Crippen molar-refractivity contribution < 1.29 is 4.79 Å². The van der Waals surface area contributed by atoms with Gasteiger partial charge in [0.2, 0.25) is 0 Å². The van der Waals surface area contributed by atoms with Crippen molar-refractivity contribution in [3.8, 4) is 0 Å². The van der Waals surface area contributed by atoms with Crippen molar-refractivity contribution in [3.63, 3.8) is 0 Å². The molecule has 1 aromatic rings. The SMILES string of the molecule is CCN1CCC(CN2CCN(c3ccc(C(=O)C(C)C)cn3)CC2)CC1. The van der Waals surface area contributed by atoms with Crippen molar-refractivity contribution >= 4 is 11.6 Å². The van der Waals surface area contributed by atoms with E-state index in [1.54, 1.807) is 6.20 Å². The molecule has 1 aromatic heterocycles. The first kappa shape index (κ1) is 19.3. The van der Waals surface area contributed by atoms with Crippen LogP contribution in [0.4, 0.5) is 5.82 Å². The van der Waals surface area contributed by atoms with Crippen LogP contribution in [0.2, 0.25) is 0 Å². The van der Waals surface area contributed by atoms with Crippen LogP contribution in [0.25, 0.3) is 0 Å². The Labute approximate surface area is 158 Å². The van der Waals surface area contributed by atoms with E-state index in [-0.39, 0.29) is 11.7 Å². The number of carbonyl (C=O) groups excluding carboxylic acids is 1. The highest BCUT2D eigenvalue weighted by atomic mass is 16.1. The standard InChI is InChI=1S/C21H34N4O/c1-4-23-9-7-18(8-10-23)16-24-11-13-25(14-12-24)20-6-5-19(15-22-20)21(26)17(2)3/h5-6,15,17-18H,4,7-14,16H2,1-3H3. The van der Waals surface area contributed by atoms with Crippen molar-refractivity contribution in [2.45, 2.75) is 33.6 Å². The number of likely N-dealkylation sites (tertiary alicyclic amines) is 1. The van der Waals surface area contributed by atoms with Crippen LogP contribution in [0.5, 0.6) is 0 Å². The Morgan fingerprint density at radius 3 is 2.31 bits per heavy atom. The minimum atomic E-state index is 0.0235. The lowest BCUT2D eigenvalue weighted by atomic mass is 9.96. The molecule has 3 rings (SSSR count). The molecule has 0 saturated carbocycles. The molecule has 3 heterocycles. The summed E-state index contributed by atoms with van der Waals surface area (Å²) in [5.41, 5.74) is 0.723. The van der Waals surface area contributed by atoms with Gasteiger partial charge in [-0.2, -0.15) is 0 Å². The lowest BCUT2D eigenvalue weighted by Crippen LogP contribution is -2.49. The number of nitrogens with zero attached hydrogens (tertiary/aromatic N) is 4. The quantitative estimate of drug-likeness (QED) is 0.731. The summed E-state index contributed by atoms with van der Waals surface area (Å²) < 4.78 is 0. The van der Waals surface area contributed by atoms with E-state index in [1.165, 1.54) is 39.0 Å². The highest BCUT2D eigenvalue weighted by Gasteiger charge is 2.24. The summed E-state index contributed by atoms with van der Waals surface area (Å²) in [7, 11) is 0. The largest absolute Gasteiger partial charge is 0.354 e. The second kappa shape index (κ2) is 8.96. The first-order valence-electron chi connectivity index (χ1n) is 10.3. The highest BCUT2D eigenvalue weighted by Crippen LogP contribution is 2.20. The third-order valence-electron chi connectivity index (χ3n) is 5.92. The molecule has 5 heteroatoms. The molecular weight excluding hydrogens is 324 g/mol. The summed E-state index contributed by atoms with van der Waals surface area (Å²) >= 11 is 0. The van der Waals surface area contributed by atoms with E-state index in [9.17, 15) is 4.79 Å². The Kier molecular flexibility index (Phi) is 6.65. The molecular formula is C21H34N4O. The third-order valence-corrected chi connectivity index (χ3v) is 5.92. The number of piperidine rings is 1. The zero-order valence-corrected chi connectivity index (χ0v) is 16.7. The topological polar surface area (TPSA) is 39.7 Å². The Hall–Kier alpha value is -1.46. The summed E-state index contributed by atoms with van der Waals surface area (Å²) in [4.78, 5) is 24.1. The first-order valence-corrected chi connectivity index (χ1v) is 10.3. The maximum Gasteiger partial charge on any atom is 0.166 e. The monoisotopic (exact) mass is 358 g/mol. The number of ketones is 1. The molecule has 26 heavy (non-hydrogen) atoms. The van der Waals surface area contributed by atoms with Crippen molar-refractivity contribution in [2.24, 2.45) is 11.8 Å². The summed E-state index contributed by atoms with van der Waals surface area (Å²) in [6.07, 6.45) is 4.44. The molecule has 2 aliphatic rings. The van der Waals surface area contributed by atoms with Crippen molar-refractivity contribution in [2.75, 3.05) is 57.3 Å². The average Bonchev–Trinajstić information content (AvgIpc) is 2.69. The van der Waals surface area contributed by atoms with Gasteiger partial charge < -0.3 is 9.80 Å². The number of piperazine rings is 1. The minimum Gasteiger partial charge on any atom is -0.354 e. The zero-order valence-electron chi connectivity index (χ0n) is 16.7. The number of pyridine rings is 1. The van der Waals surface area contributed by atoms with Gasteiger partial charge in [0, 0.05) is 50.4 Å². The molecule has 2 fully saturated rings. The molecule has 2 aliphatic heterocycles. The predicted molar refractivity (Wildman–Crippen MR) is 107 cm³/mol. The molecule has 5 nitrogen and oxygen atoms in total. The van der Waals surface area contributed by atoms with Gasteiger partial charge in [0.15, 0.2) is 5.78 Å². The van der Waals surface area contributed by atoms with Crippen LogP contribution in [0, 0.1) is 11.8 Å². The van der Waals surface area contributed by atoms with E-state index in [2.05, 4.69) is 26.6 Å². The number of Topliss-reactive ketones (excluding diaryl/α,β-unsaturated/α-hetero) is 1. The molecule has 0 bridgehead atoms. The number of anilines is 1. The fraction of sp³-hybridized carbons (Fsp3) is 0.714. The van der Waals surface area contributed by atoms with Gasteiger partial charge in [-0.15, -0.1) is 0 Å². The van der Waals surface area contributed by atoms with Gasteiger partial charge in [0.05, 0.1) is 0 Å². The molecule has 0 spiro atoms. The van der Waals surface area contributed by atoms with E-state index in [1.807, 2.05) is 26.0 Å². The van der Waals surface area contributed by atoms with Crippen LogP contribution in [0.3, 0.4) is 0 Å². The van der Waals surface area contributed by atoms with Crippen LogP contribution in [-0.2, 0) is 0 Å². The number of hydrogen-bond acceptors (Lipinski definition) is 5. The van der Waals surface area contributed by atoms with Gasteiger partial charge in [0.25, 0.3) is 0 Å². The maximum atomic E-state index is 12.0. The maximum absolute atomic E-state index is 12.0. The molecule has 0 amide bonds. The summed E-state index contributed by atoms with van der Waals surface area (Å²) in [6, 6.07) is 3.93. The van der Waals surface area contributed by atoms with Gasteiger partial charge in [0.1, 0.15) is 5.82 Å². The van der Waals surface area contributed by atoms with Crippen LogP contribution in [-0.4, -0.2) is 72.9 Å². The molecule has 2 saturated heterocycles. The van der Waals surface area contributed by atoms with Gasteiger partial charge in [-0.05, 0) is 50.5 Å². The average molecular weight is 359 g/mol.